The van der Waals surface area contributed by atoms with Crippen molar-refractivity contribution >= 4 is 5.57 Å². The lowest BCUT2D eigenvalue weighted by Crippen LogP contribution is -2.28. The van der Waals surface area contributed by atoms with Crippen LogP contribution < -0.4 is 0 Å². The molecule has 33 heavy (non-hydrogen) atoms. The van der Waals surface area contributed by atoms with E-state index in [0.717, 1.165) is 12.0 Å². The van der Waals surface area contributed by atoms with Gasteiger partial charge in [0.15, 0.2) is 18.6 Å². The lowest BCUT2D eigenvalue weighted by Gasteiger charge is -2.27. The fraction of sp³-hybridized carbons (Fsp3) is 0.357. The molecule has 1 aliphatic heterocycles. The number of rotatable bonds is 6. The quantitative estimate of drug-likeness (QED) is 0.426. The van der Waals surface area contributed by atoms with Crippen LogP contribution in [0.4, 0.5) is 13.2 Å². The molecule has 174 valence electrons. The maximum absolute atomic E-state index is 14.9. The smallest absolute Gasteiger partial charge is 0.161 e. The van der Waals surface area contributed by atoms with Gasteiger partial charge in [-0.3, -0.25) is 0 Å². The number of allylic oxidation sites excluding steroid dienone is 6. The summed E-state index contributed by atoms with van der Waals surface area (Å²) < 4.78 is 55.4. The van der Waals surface area contributed by atoms with Gasteiger partial charge in [-0.1, -0.05) is 67.6 Å². The van der Waals surface area contributed by atoms with Gasteiger partial charge in [-0.15, -0.1) is 0 Å². The van der Waals surface area contributed by atoms with E-state index in [-0.39, 0.29) is 18.0 Å². The van der Waals surface area contributed by atoms with Crippen molar-refractivity contribution in [3.8, 4) is 11.1 Å². The zero-order chi connectivity index (χ0) is 23.4. The van der Waals surface area contributed by atoms with Crippen LogP contribution in [0.3, 0.4) is 0 Å². The van der Waals surface area contributed by atoms with Crippen LogP contribution in [0.1, 0.15) is 43.7 Å². The number of ether oxygens (including phenoxy) is 2. The molecule has 4 rings (SSSR count). The summed E-state index contributed by atoms with van der Waals surface area (Å²) in [5, 5.41) is 0. The maximum Gasteiger partial charge on any atom is 0.161 e. The first kappa shape index (κ1) is 23.5. The summed E-state index contributed by atoms with van der Waals surface area (Å²) in [6.07, 6.45) is 4.79. The maximum atomic E-state index is 14.9. The minimum Gasteiger partial charge on any atom is -0.352 e. The predicted octanol–water partition coefficient (Wildman–Crippen LogP) is 7.33. The zero-order valence-electron chi connectivity index (χ0n) is 18.9. The molecule has 0 bridgehead atoms. The highest BCUT2D eigenvalue weighted by atomic mass is 19.2. The van der Waals surface area contributed by atoms with Crippen molar-refractivity contribution in [1.82, 2.24) is 0 Å². The van der Waals surface area contributed by atoms with Crippen molar-refractivity contribution in [2.45, 2.75) is 51.2 Å². The van der Waals surface area contributed by atoms with Gasteiger partial charge in [-0.25, -0.2) is 13.2 Å². The van der Waals surface area contributed by atoms with E-state index in [9.17, 15) is 13.2 Å². The summed E-state index contributed by atoms with van der Waals surface area (Å²) in [5.74, 6) is -0.341. The average Bonchev–Trinajstić information content (AvgIpc) is 2.83. The molecule has 2 aromatic carbocycles. The van der Waals surface area contributed by atoms with Gasteiger partial charge in [-0.2, -0.15) is 0 Å². The SMILES string of the molecule is CC/C=C\CC1=CC=C(c2ccc(-c3ccc(C4COC(C)OC4)cc3F)cc2)C(F)C1F. The van der Waals surface area contributed by atoms with Crippen LogP contribution in [-0.4, -0.2) is 31.8 Å². The van der Waals surface area contributed by atoms with E-state index in [2.05, 4.69) is 0 Å². The Labute approximate surface area is 193 Å². The van der Waals surface area contributed by atoms with Gasteiger partial charge in [-0.05, 0) is 53.7 Å². The number of alkyl halides is 2. The Kier molecular flexibility index (Phi) is 7.51. The number of halogens is 3. The molecule has 0 aromatic heterocycles. The highest BCUT2D eigenvalue weighted by Gasteiger charge is 2.30. The Morgan fingerprint density at radius 3 is 2.27 bits per heavy atom. The summed E-state index contributed by atoms with van der Waals surface area (Å²) in [6, 6.07) is 12.1. The molecule has 2 unspecified atom stereocenters. The molecule has 1 fully saturated rings. The summed E-state index contributed by atoms with van der Waals surface area (Å²) in [7, 11) is 0. The van der Waals surface area contributed by atoms with Crippen LogP contribution in [0.2, 0.25) is 0 Å². The van der Waals surface area contributed by atoms with Gasteiger partial charge in [0.25, 0.3) is 0 Å². The Morgan fingerprint density at radius 2 is 1.61 bits per heavy atom. The first-order valence-corrected chi connectivity index (χ1v) is 11.4. The van der Waals surface area contributed by atoms with Crippen molar-refractivity contribution in [2.75, 3.05) is 13.2 Å². The van der Waals surface area contributed by atoms with Crippen molar-refractivity contribution < 1.29 is 22.6 Å². The Bertz CT molecular complexity index is 1050. The summed E-state index contributed by atoms with van der Waals surface area (Å²) in [6.45, 7) is 4.83. The van der Waals surface area contributed by atoms with E-state index >= 15 is 0 Å². The molecule has 1 saturated heterocycles. The molecule has 1 heterocycles. The Morgan fingerprint density at radius 1 is 0.909 bits per heavy atom. The van der Waals surface area contributed by atoms with E-state index in [1.165, 1.54) is 6.07 Å². The molecule has 2 aromatic rings. The number of benzene rings is 2. The van der Waals surface area contributed by atoms with Gasteiger partial charge in [0.05, 0.1) is 13.2 Å². The highest BCUT2D eigenvalue weighted by molar-refractivity contribution is 5.75. The molecular weight excluding hydrogens is 425 g/mol. The molecule has 1 aliphatic carbocycles. The van der Waals surface area contributed by atoms with Crippen LogP contribution >= 0.6 is 0 Å². The topological polar surface area (TPSA) is 18.5 Å². The standard InChI is InChI=1S/C28H29F3O2/c1-3-4-5-6-21-11-14-25(28(31)27(21)30)20-9-7-19(8-10-20)24-13-12-22(15-26(24)29)23-16-32-18(2)33-17-23/h4-5,7-15,18,23,27-28H,3,6,16-17H2,1-2H3/b5-4-. The molecule has 2 nitrogen and oxygen atoms in total. The van der Waals surface area contributed by atoms with Gasteiger partial charge >= 0.3 is 0 Å². The van der Waals surface area contributed by atoms with E-state index in [4.69, 9.17) is 9.47 Å². The van der Waals surface area contributed by atoms with E-state index in [1.807, 2.05) is 32.1 Å². The lowest BCUT2D eigenvalue weighted by atomic mass is 9.88. The third-order valence-corrected chi connectivity index (χ3v) is 6.20. The third kappa shape index (κ3) is 5.31. The molecule has 0 N–H and O–H groups in total. The molecule has 0 saturated carbocycles. The first-order chi connectivity index (χ1) is 16.0. The Hall–Kier alpha value is -2.63. The minimum atomic E-state index is -1.72. The fourth-order valence-corrected chi connectivity index (χ4v) is 4.20. The van der Waals surface area contributed by atoms with Crippen LogP contribution in [-0.2, 0) is 9.47 Å². The van der Waals surface area contributed by atoms with Crippen molar-refractivity contribution in [3.05, 3.63) is 89.3 Å². The second-order valence-electron chi connectivity index (χ2n) is 8.50. The molecule has 0 radical (unpaired) electrons. The Balaban J connectivity index is 1.51. The molecule has 0 spiro atoms. The molecule has 5 heteroatoms. The summed E-state index contributed by atoms with van der Waals surface area (Å²) in [5.41, 5.74) is 3.31. The van der Waals surface area contributed by atoms with E-state index in [1.54, 1.807) is 42.5 Å². The number of hydrogen-bond acceptors (Lipinski definition) is 2. The fourth-order valence-electron chi connectivity index (χ4n) is 4.20. The third-order valence-electron chi connectivity index (χ3n) is 6.20. The number of hydrogen-bond donors (Lipinski definition) is 0. The van der Waals surface area contributed by atoms with E-state index < -0.39 is 12.3 Å². The first-order valence-electron chi connectivity index (χ1n) is 11.4. The normalized spacial score (nSPS) is 25.7. The predicted molar refractivity (Wildman–Crippen MR) is 126 cm³/mol. The highest BCUT2D eigenvalue weighted by Crippen LogP contribution is 2.35. The zero-order valence-corrected chi connectivity index (χ0v) is 18.9. The van der Waals surface area contributed by atoms with Gasteiger partial charge in [0, 0.05) is 11.5 Å². The molecule has 2 aliphatic rings. The van der Waals surface area contributed by atoms with Gasteiger partial charge in [0.1, 0.15) is 5.82 Å². The van der Waals surface area contributed by atoms with Crippen LogP contribution in [0.25, 0.3) is 16.7 Å². The summed E-state index contributed by atoms with van der Waals surface area (Å²) in [4.78, 5) is 0. The second kappa shape index (κ2) is 10.5. The van der Waals surface area contributed by atoms with Crippen LogP contribution in [0, 0.1) is 5.82 Å². The van der Waals surface area contributed by atoms with Crippen LogP contribution in [0.15, 0.2) is 72.3 Å². The summed E-state index contributed by atoms with van der Waals surface area (Å²) >= 11 is 0. The van der Waals surface area contributed by atoms with Gasteiger partial charge in [0.2, 0.25) is 0 Å². The van der Waals surface area contributed by atoms with E-state index in [0.29, 0.717) is 47.5 Å². The van der Waals surface area contributed by atoms with Crippen molar-refractivity contribution in [2.24, 2.45) is 0 Å². The van der Waals surface area contributed by atoms with Crippen molar-refractivity contribution in [3.63, 3.8) is 0 Å². The molecular formula is C28H29F3O2. The van der Waals surface area contributed by atoms with Gasteiger partial charge < -0.3 is 9.47 Å². The van der Waals surface area contributed by atoms with Crippen molar-refractivity contribution in [1.29, 1.82) is 0 Å². The average molecular weight is 455 g/mol. The molecule has 2 atom stereocenters. The largest absolute Gasteiger partial charge is 0.352 e. The second-order valence-corrected chi connectivity index (χ2v) is 8.50. The van der Waals surface area contributed by atoms with Crippen LogP contribution in [0.5, 0.6) is 0 Å². The monoisotopic (exact) mass is 454 g/mol. The lowest BCUT2D eigenvalue weighted by molar-refractivity contribution is -0.176. The molecule has 0 amide bonds. The minimum absolute atomic E-state index is 0.00379.